The van der Waals surface area contributed by atoms with Crippen LogP contribution in [0.2, 0.25) is 0 Å². The van der Waals surface area contributed by atoms with Crippen LogP contribution < -0.4 is 35.9 Å². The van der Waals surface area contributed by atoms with E-state index in [-0.39, 0.29) is 55.3 Å². The van der Waals surface area contributed by atoms with Gasteiger partial charge >= 0.3 is 5.97 Å². The third-order valence-corrected chi connectivity index (χ3v) is 11.1. The Kier molecular flexibility index (Phi) is 13.7. The van der Waals surface area contributed by atoms with Gasteiger partial charge in [0.2, 0.25) is 23.7 Å². The molecule has 54 heavy (non-hydrogen) atoms. The Morgan fingerprint density at radius 1 is 1.04 bits per heavy atom. The van der Waals surface area contributed by atoms with E-state index in [2.05, 4.69) is 25.7 Å². The first-order chi connectivity index (χ1) is 25.4. The standard InChI is InChI=1S/C38H52N6O9S/c1-22-23(2)33(24(3)28-17-18-38(5,6)53-32(22)28)54(49,50)44-37(39)40-19-10-12-29-34(46)43-30(36(48)51-7)11-8-9-20-52-27-15-13-26(14-16-27)21-31(35(47)42-29)41-25(4)45/h8-9,13-16,29-31H,10-12,17-21H2,1-7H3,(H,41,45)(H,42,47)(H,43,46)(H3,39,40,44)/b9-8-/t29-,30+,31+/m1/s1. The summed E-state index contributed by atoms with van der Waals surface area (Å²) in [6.07, 6.45) is 5.20. The molecule has 0 fully saturated rings. The third kappa shape index (κ3) is 10.7. The zero-order valence-corrected chi connectivity index (χ0v) is 32.8. The van der Waals surface area contributed by atoms with Gasteiger partial charge in [-0.2, -0.15) is 0 Å². The molecule has 16 heteroatoms. The smallest absolute Gasteiger partial charge is 0.328 e. The predicted molar refractivity (Wildman–Crippen MR) is 203 cm³/mol. The molecule has 0 saturated heterocycles. The normalized spacial score (nSPS) is 21.2. The van der Waals surface area contributed by atoms with Crippen molar-refractivity contribution in [2.45, 2.75) is 109 Å². The van der Waals surface area contributed by atoms with E-state index in [1.54, 1.807) is 50.3 Å². The Morgan fingerprint density at radius 2 is 1.74 bits per heavy atom. The van der Waals surface area contributed by atoms with Crippen LogP contribution in [-0.4, -0.2) is 82.1 Å². The number of fused-ring (bicyclic) bond motifs is 14. The molecule has 0 saturated carbocycles. The molecule has 2 aromatic carbocycles. The van der Waals surface area contributed by atoms with E-state index in [0.29, 0.717) is 29.0 Å². The molecule has 2 bridgehead atoms. The van der Waals surface area contributed by atoms with Crippen molar-refractivity contribution in [3.8, 4) is 11.5 Å². The van der Waals surface area contributed by atoms with E-state index >= 15 is 0 Å². The molecule has 3 aliphatic heterocycles. The summed E-state index contributed by atoms with van der Waals surface area (Å²) >= 11 is 0. The van der Waals surface area contributed by atoms with Crippen molar-refractivity contribution in [2.24, 2.45) is 10.7 Å². The fraction of sp³-hybridized carbons (Fsp3) is 0.500. The highest BCUT2D eigenvalue weighted by molar-refractivity contribution is 7.90. The molecule has 0 radical (unpaired) electrons. The number of nitrogens with one attached hydrogen (secondary N) is 4. The molecule has 5 rings (SSSR count). The largest absolute Gasteiger partial charge is 0.490 e. The monoisotopic (exact) mass is 768 g/mol. The first-order valence-corrected chi connectivity index (χ1v) is 19.4. The number of sulfonamides is 1. The van der Waals surface area contributed by atoms with Crippen LogP contribution in [-0.2, 0) is 46.8 Å². The number of hydrogen-bond donors (Lipinski definition) is 5. The van der Waals surface area contributed by atoms with Gasteiger partial charge in [-0.3, -0.25) is 19.4 Å². The summed E-state index contributed by atoms with van der Waals surface area (Å²) in [5.74, 6) is -1.48. The molecule has 0 aliphatic carbocycles. The van der Waals surface area contributed by atoms with Crippen molar-refractivity contribution in [1.82, 2.24) is 20.7 Å². The second-order valence-electron chi connectivity index (χ2n) is 14.2. The second kappa shape index (κ2) is 17.8. The van der Waals surface area contributed by atoms with Crippen LogP contribution in [0.5, 0.6) is 11.5 Å². The van der Waals surface area contributed by atoms with Crippen molar-refractivity contribution < 1.29 is 41.8 Å². The number of carbonyl (C=O) groups is 4. The minimum absolute atomic E-state index is 0.0112. The summed E-state index contributed by atoms with van der Waals surface area (Å²) in [7, 11) is -2.94. The van der Waals surface area contributed by atoms with Gasteiger partial charge in [-0.15, -0.1) is 0 Å². The van der Waals surface area contributed by atoms with Gasteiger partial charge in [0.25, 0.3) is 10.0 Å². The Balaban J connectivity index is 1.53. The first-order valence-electron chi connectivity index (χ1n) is 17.9. The van der Waals surface area contributed by atoms with Crippen LogP contribution in [0.4, 0.5) is 0 Å². The van der Waals surface area contributed by atoms with Gasteiger partial charge in [0.1, 0.15) is 41.8 Å². The average Bonchev–Trinajstić information content (AvgIpc) is 3.10. The number of ether oxygens (including phenoxy) is 3. The molecule has 15 nitrogen and oxygen atoms in total. The number of aliphatic imine (C=N–C) groups is 1. The quantitative estimate of drug-likeness (QED) is 0.0869. The predicted octanol–water partition coefficient (Wildman–Crippen LogP) is 2.32. The van der Waals surface area contributed by atoms with E-state index < -0.39 is 51.8 Å². The summed E-state index contributed by atoms with van der Waals surface area (Å²) in [4.78, 5) is 56.2. The minimum Gasteiger partial charge on any atom is -0.490 e. The summed E-state index contributed by atoms with van der Waals surface area (Å²) in [6, 6.07) is 3.77. The molecular formula is C38H52N6O9S. The zero-order valence-electron chi connectivity index (χ0n) is 32.0. The molecule has 3 atom stereocenters. The zero-order chi connectivity index (χ0) is 39.8. The van der Waals surface area contributed by atoms with Crippen molar-refractivity contribution in [3.63, 3.8) is 0 Å². The lowest BCUT2D eigenvalue weighted by molar-refractivity contribution is -0.145. The number of rotatable bonds is 8. The van der Waals surface area contributed by atoms with Crippen LogP contribution in [0, 0.1) is 20.8 Å². The molecule has 0 unspecified atom stereocenters. The number of esters is 1. The molecule has 6 N–H and O–H groups in total. The van der Waals surface area contributed by atoms with E-state index in [9.17, 15) is 27.6 Å². The molecule has 2 aromatic rings. The van der Waals surface area contributed by atoms with Crippen LogP contribution in [0.15, 0.2) is 46.3 Å². The molecule has 3 aliphatic rings. The highest BCUT2D eigenvalue weighted by Crippen LogP contribution is 2.42. The fourth-order valence-corrected chi connectivity index (χ4v) is 8.02. The van der Waals surface area contributed by atoms with E-state index in [1.165, 1.54) is 14.0 Å². The van der Waals surface area contributed by atoms with Gasteiger partial charge < -0.3 is 35.9 Å². The van der Waals surface area contributed by atoms with Gasteiger partial charge in [-0.05, 0) is 107 Å². The Bertz CT molecular complexity index is 1910. The highest BCUT2D eigenvalue weighted by Gasteiger charge is 2.34. The Hall–Kier alpha value is -5.12. The summed E-state index contributed by atoms with van der Waals surface area (Å²) in [5.41, 5.74) is 9.17. The second-order valence-corrected chi connectivity index (χ2v) is 15.8. The average molecular weight is 769 g/mol. The number of amides is 3. The maximum absolute atomic E-state index is 13.7. The molecule has 0 aromatic heterocycles. The number of nitrogens with two attached hydrogens (primary N) is 1. The molecule has 3 amide bonds. The van der Waals surface area contributed by atoms with Gasteiger partial charge in [0.15, 0.2) is 0 Å². The summed E-state index contributed by atoms with van der Waals surface area (Å²) < 4.78 is 46.6. The number of benzene rings is 2. The van der Waals surface area contributed by atoms with E-state index in [4.69, 9.17) is 19.9 Å². The van der Waals surface area contributed by atoms with Crippen molar-refractivity contribution >= 4 is 39.7 Å². The molecule has 294 valence electrons. The number of hydrogen-bond acceptors (Lipinski definition) is 10. The van der Waals surface area contributed by atoms with E-state index in [1.807, 2.05) is 20.8 Å². The van der Waals surface area contributed by atoms with Gasteiger partial charge in [0, 0.05) is 19.9 Å². The highest BCUT2D eigenvalue weighted by atomic mass is 32.2. The van der Waals surface area contributed by atoms with Gasteiger partial charge in [0.05, 0.1) is 12.0 Å². The SMILES string of the molecule is COC(=O)[C@@H]1C/C=C\COc2ccc(cc2)C[C@H](NC(C)=O)C(=O)N[C@H](CCCN=C(N)NS(=O)(=O)c2c(C)c(C)c3c(c2C)CCC(C)(C)O3)C(=O)N1. The lowest BCUT2D eigenvalue weighted by Crippen LogP contribution is -2.56. The molecule has 3 heterocycles. The molecule has 0 spiro atoms. The fourth-order valence-electron chi connectivity index (χ4n) is 6.49. The number of nitrogens with zero attached hydrogens (tertiary/aromatic N) is 1. The Morgan fingerprint density at radius 3 is 2.41 bits per heavy atom. The number of guanidine groups is 1. The third-order valence-electron chi connectivity index (χ3n) is 9.48. The summed E-state index contributed by atoms with van der Waals surface area (Å²) in [6.45, 7) is 10.8. The minimum atomic E-state index is -4.14. The van der Waals surface area contributed by atoms with Crippen molar-refractivity contribution in [2.75, 3.05) is 20.3 Å². The van der Waals surface area contributed by atoms with Crippen LogP contribution in [0.25, 0.3) is 0 Å². The van der Waals surface area contributed by atoms with E-state index in [0.717, 1.165) is 23.1 Å². The Labute approximate surface area is 316 Å². The van der Waals surface area contributed by atoms with Crippen molar-refractivity contribution in [3.05, 3.63) is 64.2 Å². The number of carbonyl (C=O) groups excluding carboxylic acids is 4. The maximum Gasteiger partial charge on any atom is 0.328 e. The number of methoxy groups -OCH3 is 1. The molecular weight excluding hydrogens is 717 g/mol. The lowest BCUT2D eigenvalue weighted by atomic mass is 9.88. The van der Waals surface area contributed by atoms with Crippen LogP contribution >= 0.6 is 0 Å². The summed E-state index contributed by atoms with van der Waals surface area (Å²) in [5, 5.41) is 8.01. The van der Waals surface area contributed by atoms with Crippen LogP contribution in [0.3, 0.4) is 0 Å². The topological polar surface area (TPSA) is 217 Å². The van der Waals surface area contributed by atoms with Gasteiger partial charge in [-0.25, -0.2) is 17.9 Å². The first kappa shape index (κ1) is 41.6. The maximum atomic E-state index is 13.7. The van der Waals surface area contributed by atoms with Gasteiger partial charge in [-0.1, -0.05) is 24.3 Å². The van der Waals surface area contributed by atoms with Crippen LogP contribution in [0.1, 0.15) is 74.3 Å². The lowest BCUT2D eigenvalue weighted by Gasteiger charge is -2.35. The van der Waals surface area contributed by atoms with Crippen molar-refractivity contribution in [1.29, 1.82) is 0 Å².